The highest BCUT2D eigenvalue weighted by Crippen LogP contribution is 2.47. The summed E-state index contributed by atoms with van der Waals surface area (Å²) in [7, 11) is 0. The van der Waals surface area contributed by atoms with E-state index < -0.39 is 23.8 Å². The minimum Gasteiger partial charge on any atom is -0.444 e. The van der Waals surface area contributed by atoms with E-state index in [4.69, 9.17) is 9.47 Å². The second-order valence-corrected chi connectivity index (χ2v) is 20.6. The van der Waals surface area contributed by atoms with Crippen molar-refractivity contribution in [3.63, 3.8) is 0 Å². The maximum Gasteiger partial charge on any atom is 0.419 e. The predicted octanol–water partition coefficient (Wildman–Crippen LogP) is 14.8. The lowest BCUT2D eigenvalue weighted by Crippen LogP contribution is -2.17. The maximum absolute atomic E-state index is 14.7. The first-order valence-electron chi connectivity index (χ1n) is 23.7. The second kappa shape index (κ2) is 16.6. The number of aromatic nitrogens is 2. The third-order valence-electron chi connectivity index (χ3n) is 14.0. The van der Waals surface area contributed by atoms with Gasteiger partial charge in [0, 0.05) is 27.1 Å². The van der Waals surface area contributed by atoms with Crippen LogP contribution in [-0.4, -0.2) is 44.5 Å². The zero-order valence-corrected chi connectivity index (χ0v) is 40.3. The normalized spacial score (nSPS) is 13.4. The molecule has 4 heterocycles. The fraction of sp³-hybridized carbons (Fsp3) is 0.0323. The Morgan fingerprint density at radius 2 is 0.838 bits per heavy atom. The summed E-state index contributed by atoms with van der Waals surface area (Å²) < 4.78 is 16.6. The van der Waals surface area contributed by atoms with Crippen LogP contribution in [0, 0.1) is 0 Å². The van der Waals surface area contributed by atoms with Crippen LogP contribution in [-0.2, 0) is 22.7 Å². The second-order valence-electron chi connectivity index (χ2n) is 18.5. The molecule has 74 heavy (non-hydrogen) atoms. The quantitative estimate of drug-likeness (QED) is 0.0914. The number of ketones is 4. The van der Waals surface area contributed by atoms with Crippen LogP contribution in [0.15, 0.2) is 181 Å². The molecule has 0 amide bonds. The van der Waals surface area contributed by atoms with E-state index in [-0.39, 0.29) is 52.7 Å². The van der Waals surface area contributed by atoms with E-state index in [9.17, 15) is 28.8 Å². The van der Waals surface area contributed by atoms with Gasteiger partial charge < -0.3 is 9.47 Å². The summed E-state index contributed by atoms with van der Waals surface area (Å²) in [6, 6.07) is 52.8. The molecule has 0 aliphatic heterocycles. The third kappa shape index (κ3) is 6.83. The van der Waals surface area contributed by atoms with Gasteiger partial charge >= 0.3 is 12.2 Å². The first-order chi connectivity index (χ1) is 36.1. The van der Waals surface area contributed by atoms with E-state index in [1.165, 1.54) is 37.9 Å². The van der Waals surface area contributed by atoms with Crippen molar-refractivity contribution in [2.24, 2.45) is 0 Å². The monoisotopic (exact) mass is 998 g/mol. The molecule has 8 aromatic carbocycles. The molecule has 0 atom stereocenters. The van der Waals surface area contributed by atoms with Crippen LogP contribution in [0.1, 0.15) is 63.1 Å². The summed E-state index contributed by atoms with van der Waals surface area (Å²) in [6.07, 6.45) is 1.47. The number of allylic oxidation sites excluding steroid dienone is 2. The van der Waals surface area contributed by atoms with Gasteiger partial charge in [0.2, 0.25) is 0 Å². The topological polar surface area (TPSA) is 131 Å². The largest absolute Gasteiger partial charge is 0.444 e. The van der Waals surface area contributed by atoms with Gasteiger partial charge in [-0.25, -0.2) is 18.7 Å². The molecular formula is C62H34N2O8S2. The third-order valence-corrected chi connectivity index (χ3v) is 16.4. The van der Waals surface area contributed by atoms with E-state index in [0.717, 1.165) is 54.2 Å². The molecule has 2 aliphatic carbocycles. The summed E-state index contributed by atoms with van der Waals surface area (Å²) >= 11 is 2.60. The molecule has 2 aliphatic rings. The number of fused-ring (bicyclic) bond motifs is 11. The van der Waals surface area contributed by atoms with Crippen molar-refractivity contribution in [1.29, 1.82) is 0 Å². The van der Waals surface area contributed by atoms with Gasteiger partial charge in [-0.15, -0.1) is 22.7 Å². The van der Waals surface area contributed by atoms with E-state index in [1.54, 1.807) is 42.5 Å². The van der Waals surface area contributed by atoms with E-state index in [1.807, 2.05) is 133 Å². The van der Waals surface area contributed by atoms with Crippen molar-refractivity contribution in [2.75, 3.05) is 0 Å². The van der Waals surface area contributed by atoms with Gasteiger partial charge in [0.1, 0.15) is 13.2 Å². The Balaban J connectivity index is 0.917. The maximum atomic E-state index is 14.7. The molecule has 4 aromatic heterocycles. The van der Waals surface area contributed by atoms with Crippen LogP contribution >= 0.6 is 22.7 Å². The van der Waals surface area contributed by atoms with Gasteiger partial charge in [-0.3, -0.25) is 19.2 Å². The van der Waals surface area contributed by atoms with Gasteiger partial charge in [-0.2, -0.15) is 0 Å². The first-order valence-corrected chi connectivity index (χ1v) is 25.4. The molecule has 0 N–H and O–H groups in total. The van der Waals surface area contributed by atoms with E-state index >= 15 is 0 Å². The van der Waals surface area contributed by atoms with Crippen LogP contribution in [0.2, 0.25) is 0 Å². The fourth-order valence-corrected chi connectivity index (χ4v) is 12.9. The molecule has 0 fully saturated rings. The van der Waals surface area contributed by atoms with Gasteiger partial charge in [-0.1, -0.05) is 109 Å². The van der Waals surface area contributed by atoms with Crippen LogP contribution in [0.3, 0.4) is 0 Å². The lowest BCUT2D eigenvalue weighted by molar-refractivity contribution is 0.0975. The summed E-state index contributed by atoms with van der Waals surface area (Å²) in [5.74, 6) is -1.72. The SMILES string of the molecule is O=C1C(=Cc2cc3c(s2)c2sc4cc(C=C5C(=O)c6cc7cc8ccccc8cc7cc6C5=O)n(C(=O)OCc5ccccc5)c4c2n3C(=O)OCc2ccccc2)C(=O)c2cc3cc4ccccc4cc3cc21. The summed E-state index contributed by atoms with van der Waals surface area (Å²) in [6.45, 7) is -0.151. The van der Waals surface area contributed by atoms with Crippen molar-refractivity contribution < 1.29 is 38.2 Å². The lowest BCUT2D eigenvalue weighted by atomic mass is 9.99. The number of benzene rings is 8. The smallest absolute Gasteiger partial charge is 0.419 e. The Hall–Kier alpha value is -9.36. The minimum absolute atomic E-state index is 0.0134. The zero-order valence-electron chi connectivity index (χ0n) is 38.7. The highest BCUT2D eigenvalue weighted by molar-refractivity contribution is 7.31. The summed E-state index contributed by atoms with van der Waals surface area (Å²) in [5, 5.41) is 7.38. The molecule has 14 rings (SSSR count). The van der Waals surface area contributed by atoms with Crippen molar-refractivity contribution in [1.82, 2.24) is 9.13 Å². The highest BCUT2D eigenvalue weighted by atomic mass is 32.1. The average molecular weight is 999 g/mol. The number of hydrogen-bond donors (Lipinski definition) is 0. The summed E-state index contributed by atoms with van der Waals surface area (Å²) in [4.78, 5) is 86.9. The number of hydrogen-bond acceptors (Lipinski definition) is 10. The van der Waals surface area contributed by atoms with E-state index in [2.05, 4.69) is 0 Å². The predicted molar refractivity (Wildman–Crippen MR) is 291 cm³/mol. The number of nitrogens with zero attached hydrogens (tertiary/aromatic N) is 2. The molecule has 12 aromatic rings. The number of rotatable bonds is 6. The van der Waals surface area contributed by atoms with Crippen molar-refractivity contribution in [3.8, 4) is 0 Å². The number of Topliss-reactive ketones (excluding diaryl/α,β-unsaturated/α-hetero) is 4. The number of ether oxygens (including phenoxy) is 2. The molecule has 12 heteroatoms. The Morgan fingerprint density at radius 3 is 1.30 bits per heavy atom. The summed E-state index contributed by atoms with van der Waals surface area (Å²) in [5.41, 5.74) is 3.86. The molecule has 10 nitrogen and oxygen atoms in total. The average Bonchev–Trinajstić information content (AvgIpc) is 4.24. The van der Waals surface area contributed by atoms with Gasteiger partial charge in [0.25, 0.3) is 0 Å². The molecule has 0 spiro atoms. The minimum atomic E-state index is -0.805. The molecular weight excluding hydrogens is 965 g/mol. The van der Waals surface area contributed by atoms with Crippen LogP contribution in [0.4, 0.5) is 9.59 Å². The van der Waals surface area contributed by atoms with E-state index in [0.29, 0.717) is 46.7 Å². The number of carbonyl (C=O) groups excluding carboxylic acids is 6. The lowest BCUT2D eigenvalue weighted by Gasteiger charge is -2.11. The number of carbonyl (C=O) groups is 6. The Kier molecular flexibility index (Phi) is 9.74. The van der Waals surface area contributed by atoms with Gasteiger partial charge in [0.15, 0.2) is 23.1 Å². The molecule has 352 valence electrons. The fourth-order valence-electron chi connectivity index (χ4n) is 10.5. The Labute approximate surface area is 427 Å². The van der Waals surface area contributed by atoms with Crippen molar-refractivity contribution in [3.05, 3.63) is 225 Å². The van der Waals surface area contributed by atoms with Crippen LogP contribution in [0.5, 0.6) is 0 Å². The standard InChI is InChI=1S/C62H34N2O8S2/c65-55-45-23-39-19-35-15-7-8-16-36(35)20-40(39)24-46(45)56(66)49(55)27-43-28-52-53(63(43)61(69)71-31-33-11-3-1-4-12-33)54-60(74-52)59-51(64(54)62(70)72-32-34-13-5-2-6-14-34)30-44(73-59)29-50-57(67)47-25-41-21-37-17-9-10-18-38(37)22-42(41)26-48(47)58(50)68/h1-30H,31-32H2. The van der Waals surface area contributed by atoms with Crippen LogP contribution in [0.25, 0.3) is 85.9 Å². The number of thiophene rings is 2. The Bertz CT molecular complexity index is 4450. The molecule has 0 saturated heterocycles. The molecule has 0 saturated carbocycles. The molecule has 0 bridgehead atoms. The van der Waals surface area contributed by atoms with Crippen molar-refractivity contribution in [2.45, 2.75) is 13.2 Å². The molecule has 0 radical (unpaired) electrons. The zero-order chi connectivity index (χ0) is 49.9. The van der Waals surface area contributed by atoms with Gasteiger partial charge in [-0.05, 0) is 127 Å². The molecule has 0 unspecified atom stereocenters. The highest BCUT2D eigenvalue weighted by Gasteiger charge is 2.37. The van der Waals surface area contributed by atoms with Crippen LogP contribution < -0.4 is 0 Å². The Morgan fingerprint density at radius 1 is 0.419 bits per heavy atom. The first kappa shape index (κ1) is 43.4. The van der Waals surface area contributed by atoms with Crippen molar-refractivity contribution >= 4 is 144 Å². The van der Waals surface area contributed by atoms with Gasteiger partial charge in [0.05, 0.1) is 47.5 Å².